The Bertz CT molecular complexity index is 449. The van der Waals surface area contributed by atoms with Gasteiger partial charge < -0.3 is 4.74 Å². The first-order valence-electron chi connectivity index (χ1n) is 3.59. The van der Waals surface area contributed by atoms with E-state index in [9.17, 15) is 13.2 Å². The Morgan fingerprint density at radius 1 is 1.36 bits per heavy atom. The predicted molar refractivity (Wildman–Crippen MR) is 48.2 cm³/mol. The molecule has 5 nitrogen and oxygen atoms in total. The average Bonchev–Trinajstić information content (AvgIpc) is 2.15. The number of benzene rings is 1. The third-order valence-corrected chi connectivity index (χ3v) is 2.40. The molecule has 1 N–H and O–H groups in total. The van der Waals surface area contributed by atoms with E-state index in [1.807, 2.05) is 0 Å². The summed E-state index contributed by atoms with van der Waals surface area (Å²) in [5.41, 5.74) is 0.122. The number of rotatable bonds is 3. The van der Waals surface area contributed by atoms with Gasteiger partial charge in [0.25, 0.3) is 10.1 Å². The van der Waals surface area contributed by atoms with Crippen molar-refractivity contribution in [3.8, 4) is 5.75 Å². The van der Waals surface area contributed by atoms with Crippen molar-refractivity contribution >= 4 is 16.4 Å². The van der Waals surface area contributed by atoms with Gasteiger partial charge in [-0.2, -0.15) is 8.42 Å². The molecule has 0 amide bonds. The SMILES string of the molecule is COc1cc(C=O)cc(S(=O)(=O)O)c1. The van der Waals surface area contributed by atoms with Crippen molar-refractivity contribution in [1.82, 2.24) is 0 Å². The summed E-state index contributed by atoms with van der Waals surface area (Å²) in [5.74, 6) is 0.197. The van der Waals surface area contributed by atoms with E-state index in [0.717, 1.165) is 12.1 Å². The van der Waals surface area contributed by atoms with E-state index in [1.54, 1.807) is 0 Å². The van der Waals surface area contributed by atoms with Gasteiger partial charge in [-0.15, -0.1) is 0 Å². The first kappa shape index (κ1) is 10.7. The molecule has 1 aromatic carbocycles. The Morgan fingerprint density at radius 2 is 2.00 bits per heavy atom. The van der Waals surface area contributed by atoms with Gasteiger partial charge in [-0.25, -0.2) is 0 Å². The van der Waals surface area contributed by atoms with Crippen LogP contribution in [0.2, 0.25) is 0 Å². The van der Waals surface area contributed by atoms with Crippen molar-refractivity contribution < 1.29 is 22.5 Å². The number of methoxy groups -OCH3 is 1. The van der Waals surface area contributed by atoms with Crippen LogP contribution in [0.3, 0.4) is 0 Å². The van der Waals surface area contributed by atoms with E-state index in [-0.39, 0.29) is 16.2 Å². The molecule has 0 atom stereocenters. The molecule has 0 aromatic heterocycles. The summed E-state index contributed by atoms with van der Waals surface area (Å²) >= 11 is 0. The Balaban J connectivity index is 3.39. The van der Waals surface area contributed by atoms with Crippen LogP contribution in [0.4, 0.5) is 0 Å². The van der Waals surface area contributed by atoms with Crippen LogP contribution in [0.15, 0.2) is 23.1 Å². The molecule has 0 radical (unpaired) electrons. The van der Waals surface area contributed by atoms with E-state index in [0.29, 0.717) is 6.29 Å². The molecule has 0 unspecified atom stereocenters. The fraction of sp³-hybridized carbons (Fsp3) is 0.125. The summed E-state index contributed by atoms with van der Waals surface area (Å²) in [6, 6.07) is 3.55. The summed E-state index contributed by atoms with van der Waals surface area (Å²) in [4.78, 5) is 10.1. The van der Waals surface area contributed by atoms with Gasteiger partial charge in [0.2, 0.25) is 0 Å². The number of aldehydes is 1. The maximum atomic E-state index is 10.8. The monoisotopic (exact) mass is 216 g/mol. The topological polar surface area (TPSA) is 80.7 Å². The number of carbonyl (C=O) groups is 1. The second kappa shape index (κ2) is 3.77. The number of carbonyl (C=O) groups excluding carboxylic acids is 1. The summed E-state index contributed by atoms with van der Waals surface area (Å²) in [7, 11) is -2.98. The molecule has 0 aliphatic carbocycles. The van der Waals surface area contributed by atoms with Gasteiger partial charge in [0, 0.05) is 11.6 Å². The highest BCUT2D eigenvalue weighted by atomic mass is 32.2. The fourth-order valence-corrected chi connectivity index (χ4v) is 1.48. The van der Waals surface area contributed by atoms with Gasteiger partial charge in [-0.1, -0.05) is 0 Å². The van der Waals surface area contributed by atoms with Gasteiger partial charge in [0.15, 0.2) is 0 Å². The molecule has 14 heavy (non-hydrogen) atoms. The zero-order valence-electron chi connectivity index (χ0n) is 7.30. The van der Waals surface area contributed by atoms with Gasteiger partial charge in [0.05, 0.1) is 12.0 Å². The molecule has 0 aliphatic rings. The number of hydrogen-bond acceptors (Lipinski definition) is 4. The molecule has 0 fully saturated rings. The molecule has 0 saturated carbocycles. The van der Waals surface area contributed by atoms with E-state index in [4.69, 9.17) is 9.29 Å². The Labute approximate surface area is 81.1 Å². The van der Waals surface area contributed by atoms with E-state index < -0.39 is 10.1 Å². The van der Waals surface area contributed by atoms with E-state index >= 15 is 0 Å². The first-order valence-corrected chi connectivity index (χ1v) is 5.03. The standard InChI is InChI=1S/C8H8O5S/c1-13-7-2-6(5-9)3-8(4-7)14(10,11)12/h2-5H,1H3,(H,10,11,12). The van der Waals surface area contributed by atoms with Crippen LogP contribution in [-0.4, -0.2) is 26.4 Å². The van der Waals surface area contributed by atoms with Crippen molar-refractivity contribution in [1.29, 1.82) is 0 Å². The highest BCUT2D eigenvalue weighted by molar-refractivity contribution is 7.85. The maximum Gasteiger partial charge on any atom is 0.294 e. The zero-order chi connectivity index (χ0) is 10.8. The normalized spacial score (nSPS) is 11.0. The van der Waals surface area contributed by atoms with Crippen LogP contribution < -0.4 is 4.74 Å². The first-order chi connectivity index (χ1) is 6.47. The number of hydrogen-bond donors (Lipinski definition) is 1. The lowest BCUT2D eigenvalue weighted by molar-refractivity contribution is 0.112. The van der Waals surface area contributed by atoms with Gasteiger partial charge in [-0.05, 0) is 12.1 Å². The minimum absolute atomic E-state index is 0.122. The van der Waals surface area contributed by atoms with Crippen LogP contribution in [-0.2, 0) is 10.1 Å². The van der Waals surface area contributed by atoms with Crippen LogP contribution in [0.25, 0.3) is 0 Å². The zero-order valence-corrected chi connectivity index (χ0v) is 8.11. The third-order valence-electron chi connectivity index (χ3n) is 1.57. The molecule has 0 aliphatic heterocycles. The van der Waals surface area contributed by atoms with E-state index in [1.165, 1.54) is 13.2 Å². The molecule has 0 spiro atoms. The third kappa shape index (κ3) is 2.30. The molecular formula is C8H8O5S. The quantitative estimate of drug-likeness (QED) is 0.595. The second-order valence-electron chi connectivity index (χ2n) is 2.53. The number of ether oxygens (including phenoxy) is 1. The molecule has 0 saturated heterocycles. The van der Waals surface area contributed by atoms with Crippen molar-refractivity contribution in [2.45, 2.75) is 4.90 Å². The van der Waals surface area contributed by atoms with Crippen molar-refractivity contribution in [2.24, 2.45) is 0 Å². The molecular weight excluding hydrogens is 208 g/mol. The molecule has 76 valence electrons. The highest BCUT2D eigenvalue weighted by Crippen LogP contribution is 2.19. The summed E-state index contributed by atoms with van der Waals surface area (Å²) in [5, 5.41) is 0. The Morgan fingerprint density at radius 3 is 2.43 bits per heavy atom. The summed E-state index contributed by atoms with van der Waals surface area (Å²) in [6.45, 7) is 0. The Hall–Kier alpha value is -1.40. The maximum absolute atomic E-state index is 10.8. The summed E-state index contributed by atoms with van der Waals surface area (Å²) < 4.78 is 35.0. The van der Waals surface area contributed by atoms with E-state index in [2.05, 4.69) is 0 Å². The average molecular weight is 216 g/mol. The molecule has 1 rings (SSSR count). The van der Waals surface area contributed by atoms with Crippen molar-refractivity contribution in [2.75, 3.05) is 7.11 Å². The van der Waals surface area contributed by atoms with Crippen LogP contribution in [0, 0.1) is 0 Å². The van der Waals surface area contributed by atoms with Crippen LogP contribution >= 0.6 is 0 Å². The molecule has 0 heterocycles. The Kier molecular flexibility index (Phi) is 2.87. The highest BCUT2D eigenvalue weighted by Gasteiger charge is 2.12. The molecule has 6 heteroatoms. The van der Waals surface area contributed by atoms with Gasteiger partial charge in [0.1, 0.15) is 12.0 Å². The van der Waals surface area contributed by atoms with Crippen molar-refractivity contribution in [3.05, 3.63) is 23.8 Å². The lowest BCUT2D eigenvalue weighted by Gasteiger charge is -2.03. The molecule has 1 aromatic rings. The van der Waals surface area contributed by atoms with Crippen LogP contribution in [0.5, 0.6) is 5.75 Å². The second-order valence-corrected chi connectivity index (χ2v) is 3.96. The van der Waals surface area contributed by atoms with Crippen LogP contribution in [0.1, 0.15) is 10.4 Å². The largest absolute Gasteiger partial charge is 0.497 e. The minimum Gasteiger partial charge on any atom is -0.497 e. The smallest absolute Gasteiger partial charge is 0.294 e. The lowest BCUT2D eigenvalue weighted by Crippen LogP contribution is -2.00. The fourth-order valence-electron chi connectivity index (χ4n) is 0.929. The molecule has 0 bridgehead atoms. The van der Waals surface area contributed by atoms with Gasteiger partial charge >= 0.3 is 0 Å². The summed E-state index contributed by atoms with van der Waals surface area (Å²) in [6.07, 6.45) is 0.469. The predicted octanol–water partition coefficient (Wildman–Crippen LogP) is 0.754. The van der Waals surface area contributed by atoms with Gasteiger partial charge in [-0.3, -0.25) is 9.35 Å². The minimum atomic E-state index is -4.31. The lowest BCUT2D eigenvalue weighted by atomic mass is 10.2. The van der Waals surface area contributed by atoms with Crippen molar-refractivity contribution in [3.63, 3.8) is 0 Å².